The highest BCUT2D eigenvalue weighted by Crippen LogP contribution is 2.29. The standard InChI is InChI=1S/C24H28N4O2.C23H27N3O2.C22H24N4O4.C21H24N4O2.C20H21N3O3/c29-24(26-30)13-10-20-8-11-22-21(18-20)25-23(12-9-19-6-2-1-3-7-19)28(22)17-16-27-14-4-5-15-27;1-23(2,3)16-26-20-12-9-18(11-14-22(27)25-28)15-19(20)24-21(26)13-10-17-7-5-4-6-8-17;1-2-26-19-10-8-16(9-11-21(27)25-29)14-18(19)24-20(26)12-13-23-22(28)15-30-17-6-4-3-5-7-17;1-2-25-19-10-8-16(9-11-21(26)24-27)14-18(19)23-20(25)12-13-22-15-17-6-4-3-5-7-17;24-13-12-23-18-9-6-16(8-11-20(25)22-26)14-17(18)21-19(23)10-7-15-4-2-1-3-5-15/h1-3,6-8,10-11,13,18,30H,4-5,9,12,14-17H2,(H,26,29);4-9,11-12,14-15,28H,10,13,16H2,1-3H3,(H,25,27);3-11,14,29H,2,12-13,15H2,1H3,(H,23,28)(H,25,27);3-11,14,22,27H,2,12-13,15H2,1H3,(H,24,26);1-6,8-9,11,14,24,26H,7,10,12-13H2,(H,22,25)/b13-10+;14-11+;2*11-9+;11-8+. The topological polar surface area (TPSA) is 410 Å². The second-order valence-electron chi connectivity index (χ2n) is 34.7. The molecule has 6 heterocycles. The van der Waals surface area contributed by atoms with Gasteiger partial charge in [0, 0.05) is 121 Å². The summed E-state index contributed by atoms with van der Waals surface area (Å²) in [6.45, 7) is 20.3. The van der Waals surface area contributed by atoms with Crippen molar-refractivity contribution in [2.75, 3.05) is 45.9 Å². The predicted octanol–water partition coefficient (Wildman–Crippen LogP) is 15.4. The van der Waals surface area contributed by atoms with Gasteiger partial charge in [-0.15, -0.1) is 0 Å². The van der Waals surface area contributed by atoms with Gasteiger partial charge in [0.25, 0.3) is 35.4 Å². The zero-order valence-corrected chi connectivity index (χ0v) is 80.1. The van der Waals surface area contributed by atoms with E-state index in [2.05, 4.69) is 151 Å². The van der Waals surface area contributed by atoms with Gasteiger partial charge in [0.15, 0.2) is 6.61 Å². The molecule has 5 aromatic heterocycles. The Labute approximate surface area is 819 Å². The first-order chi connectivity index (χ1) is 68.6. The summed E-state index contributed by atoms with van der Waals surface area (Å²) in [6, 6.07) is 80.1. The van der Waals surface area contributed by atoms with Gasteiger partial charge in [-0.2, -0.15) is 0 Å². The zero-order chi connectivity index (χ0) is 99.7. The summed E-state index contributed by atoms with van der Waals surface area (Å²) in [5.41, 5.74) is 27.0. The third kappa shape index (κ3) is 32.1. The van der Waals surface area contributed by atoms with Crippen LogP contribution in [0.2, 0.25) is 0 Å². The Bertz CT molecular complexity index is 6780. The Morgan fingerprint density at radius 2 is 0.660 bits per heavy atom. The van der Waals surface area contributed by atoms with E-state index in [0.717, 1.165) is 203 Å². The first-order valence-corrected chi connectivity index (χ1v) is 47.3. The van der Waals surface area contributed by atoms with E-state index in [1.807, 2.05) is 157 Å². The van der Waals surface area contributed by atoms with Crippen molar-refractivity contribution >= 4 is 121 Å². The lowest BCUT2D eigenvalue weighted by atomic mass is 9.96. The molecule has 1 aliphatic heterocycles. The number of aromatic nitrogens is 10. The maximum absolute atomic E-state index is 12.0. The average Bonchev–Trinajstić information content (AvgIpc) is 1.67. The van der Waals surface area contributed by atoms with Crippen LogP contribution in [-0.2, 0) is 119 Å². The van der Waals surface area contributed by atoms with Crippen LogP contribution in [0.4, 0.5) is 0 Å². The van der Waals surface area contributed by atoms with Crippen LogP contribution in [0.1, 0.15) is 127 Å². The monoisotopic (exact) mass is 1900 g/mol. The van der Waals surface area contributed by atoms with Crippen LogP contribution in [0.25, 0.3) is 85.5 Å². The Hall–Kier alpha value is -15.5. The van der Waals surface area contributed by atoms with E-state index < -0.39 is 29.5 Å². The van der Waals surface area contributed by atoms with Crippen LogP contribution in [0.5, 0.6) is 5.75 Å². The molecule has 0 atom stereocenters. The second-order valence-corrected chi connectivity index (χ2v) is 34.7. The normalized spacial score (nSPS) is 12.1. The molecule has 1 saturated heterocycles. The van der Waals surface area contributed by atoms with Gasteiger partial charge < -0.3 is 48.2 Å². The second kappa shape index (κ2) is 54.0. The molecule has 0 aliphatic carbocycles. The molecule has 13 N–H and O–H groups in total. The third-order valence-corrected chi connectivity index (χ3v) is 23.3. The largest absolute Gasteiger partial charge is 0.484 e. The number of para-hydroxylation sites is 1. The van der Waals surface area contributed by atoms with E-state index in [0.29, 0.717) is 25.3 Å². The molecular weight excluding hydrogens is 1780 g/mol. The van der Waals surface area contributed by atoms with Gasteiger partial charge in [0.2, 0.25) is 0 Å². The van der Waals surface area contributed by atoms with Crippen LogP contribution < -0.4 is 42.8 Å². The van der Waals surface area contributed by atoms with Crippen molar-refractivity contribution in [2.45, 2.75) is 138 Å². The molecule has 15 aromatic rings. The number of fused-ring (bicyclic) bond motifs is 5. The van der Waals surface area contributed by atoms with Gasteiger partial charge in [-0.1, -0.05) is 191 Å². The number of carbonyl (C=O) groups excluding carboxylic acids is 6. The van der Waals surface area contributed by atoms with Crippen LogP contribution >= 0.6 is 0 Å². The van der Waals surface area contributed by atoms with E-state index in [4.69, 9.17) is 50.7 Å². The molecular formula is C110H124N18O13. The molecule has 141 heavy (non-hydrogen) atoms. The summed E-state index contributed by atoms with van der Waals surface area (Å²) in [6.07, 6.45) is 23.9. The smallest absolute Gasteiger partial charge is 0.267 e. The van der Waals surface area contributed by atoms with Gasteiger partial charge in [-0.25, -0.2) is 52.3 Å². The summed E-state index contributed by atoms with van der Waals surface area (Å²) in [5.74, 6) is 2.64. The number of hydrogen-bond acceptors (Lipinski definition) is 20. The number of likely N-dealkylation sites (tertiary alicyclic amines) is 1. The fourth-order valence-corrected chi connectivity index (χ4v) is 16.5. The molecule has 6 amide bonds. The number of aryl methyl sites for hydroxylation is 8. The predicted molar refractivity (Wildman–Crippen MR) is 549 cm³/mol. The SMILES string of the molecule is CC(C)(C)Cn1c(CCc2ccccc2)nc2cc(/C=C/C(=O)NO)ccc21.CCn1c(CCNC(=O)COc2ccccc2)nc2cc(/C=C/C(=O)NO)ccc21.CCn1c(CCNCc2ccccc2)nc2cc(/C=C/C(=O)NO)ccc21.O=C(/C=C/c1ccc2c(c1)nc(CCc1ccccc1)n2CCN1CCCC1)NO.O=C(/C=C/c1ccc2c(c1)nc(CCc1ccccc1)n2CCO)NO. The number of ether oxygens (including phenoxy) is 1. The first-order valence-electron chi connectivity index (χ1n) is 47.3. The molecule has 1 aliphatic rings. The van der Waals surface area contributed by atoms with E-state index in [9.17, 15) is 33.9 Å². The van der Waals surface area contributed by atoms with E-state index >= 15 is 0 Å². The number of benzene rings is 10. The number of nitrogens with one attached hydrogen (secondary N) is 7. The number of hydroxylamine groups is 5. The van der Waals surface area contributed by atoms with E-state index in [1.54, 1.807) is 69.9 Å². The molecule has 0 bridgehead atoms. The molecule has 0 unspecified atom stereocenters. The number of imidazole rings is 5. The minimum absolute atomic E-state index is 0.0364. The lowest BCUT2D eigenvalue weighted by Gasteiger charge is -2.21. The van der Waals surface area contributed by atoms with Gasteiger partial charge in [-0.3, -0.25) is 54.8 Å². The molecule has 16 rings (SSSR count). The summed E-state index contributed by atoms with van der Waals surface area (Å²) < 4.78 is 16.4. The van der Waals surface area contributed by atoms with Gasteiger partial charge in [0.1, 0.15) is 34.9 Å². The van der Waals surface area contributed by atoms with Gasteiger partial charge >= 0.3 is 0 Å². The maximum atomic E-state index is 12.0. The molecule has 0 radical (unpaired) electrons. The number of aliphatic hydroxyl groups is 1. The maximum Gasteiger partial charge on any atom is 0.267 e. The first kappa shape index (κ1) is 104. The third-order valence-electron chi connectivity index (χ3n) is 23.3. The Morgan fingerprint density at radius 1 is 0.355 bits per heavy atom. The minimum atomic E-state index is -0.596. The highest BCUT2D eigenvalue weighted by molar-refractivity contribution is 5.95. The number of hydrogen-bond donors (Lipinski definition) is 13. The number of amides is 6. The van der Waals surface area contributed by atoms with Crippen molar-refractivity contribution in [3.8, 4) is 5.75 Å². The number of aliphatic hydroxyl groups excluding tert-OH is 1. The number of rotatable bonds is 38. The zero-order valence-electron chi connectivity index (χ0n) is 80.1. The van der Waals surface area contributed by atoms with E-state index in [1.165, 1.54) is 78.6 Å². The highest BCUT2D eigenvalue weighted by atomic mass is 16.5. The van der Waals surface area contributed by atoms with E-state index in [-0.39, 0.29) is 24.5 Å². The average molecular weight is 1910 g/mol. The van der Waals surface area contributed by atoms with Crippen molar-refractivity contribution in [3.63, 3.8) is 0 Å². The van der Waals surface area contributed by atoms with Crippen molar-refractivity contribution in [1.82, 2.24) is 90.7 Å². The summed E-state index contributed by atoms with van der Waals surface area (Å²) in [5, 5.41) is 58.7. The molecule has 0 spiro atoms. The molecule has 31 heteroatoms. The van der Waals surface area contributed by atoms with Gasteiger partial charge in [0.05, 0.1) is 61.8 Å². The minimum Gasteiger partial charge on any atom is -0.484 e. The van der Waals surface area contributed by atoms with Crippen molar-refractivity contribution in [3.05, 3.63) is 352 Å². The lowest BCUT2D eigenvalue weighted by Crippen LogP contribution is -2.31. The fourth-order valence-electron chi connectivity index (χ4n) is 16.5. The lowest BCUT2D eigenvalue weighted by molar-refractivity contribution is -0.124. The van der Waals surface area contributed by atoms with Crippen molar-refractivity contribution in [1.29, 1.82) is 0 Å². The van der Waals surface area contributed by atoms with Crippen LogP contribution in [-0.4, -0.2) is 165 Å². The Balaban J connectivity index is 0.000000158. The molecule has 1 fully saturated rings. The Kier molecular flexibility index (Phi) is 40.0. The highest BCUT2D eigenvalue weighted by Gasteiger charge is 2.22. The van der Waals surface area contributed by atoms with Crippen LogP contribution in [0.3, 0.4) is 0 Å². The molecule has 10 aromatic carbocycles. The number of carbonyl (C=O) groups is 6. The fraction of sp³-hybridized carbons (Fsp3) is 0.264. The van der Waals surface area contributed by atoms with Crippen molar-refractivity contribution in [2.24, 2.45) is 5.41 Å². The van der Waals surface area contributed by atoms with Crippen LogP contribution in [0, 0.1) is 5.41 Å². The quantitative estimate of drug-likeness (QED) is 0.00740. The summed E-state index contributed by atoms with van der Waals surface area (Å²) >= 11 is 0. The summed E-state index contributed by atoms with van der Waals surface area (Å²) in [4.78, 5) is 94.4. The van der Waals surface area contributed by atoms with Crippen LogP contribution in [0.15, 0.2) is 273 Å². The molecule has 0 saturated carbocycles. The molecule has 732 valence electrons. The van der Waals surface area contributed by atoms with Crippen molar-refractivity contribution < 1.29 is 64.6 Å². The summed E-state index contributed by atoms with van der Waals surface area (Å²) in [7, 11) is 0. The molecule has 31 nitrogen and oxygen atoms in total. The van der Waals surface area contributed by atoms with Gasteiger partial charge in [-0.05, 0) is 218 Å². The Morgan fingerprint density at radius 3 is 0.993 bits per heavy atom. The number of nitrogens with zero attached hydrogens (tertiary/aromatic N) is 11.